The zero-order chi connectivity index (χ0) is 11.4. The van der Waals surface area contributed by atoms with E-state index in [9.17, 15) is 0 Å². The van der Waals surface area contributed by atoms with Crippen molar-refractivity contribution < 1.29 is 4.52 Å². The van der Waals surface area contributed by atoms with Crippen molar-refractivity contribution in [2.75, 3.05) is 0 Å². The number of nitrogens with zero attached hydrogens (tertiary/aromatic N) is 2. The first-order valence-corrected chi connectivity index (χ1v) is 5.34. The van der Waals surface area contributed by atoms with Crippen LogP contribution in [0.25, 0.3) is 0 Å². The first kappa shape index (κ1) is 10.8. The summed E-state index contributed by atoms with van der Waals surface area (Å²) in [5.74, 6) is 0.568. The predicted molar refractivity (Wildman–Crippen MR) is 60.6 cm³/mol. The second-order valence-corrected chi connectivity index (χ2v) is 3.93. The molecule has 2 N–H and O–H groups in total. The molecule has 0 amide bonds. The maximum Gasteiger partial charge on any atom is 0.213 e. The van der Waals surface area contributed by atoms with Gasteiger partial charge >= 0.3 is 0 Å². The molecule has 0 aliphatic rings. The molecule has 1 aromatic heterocycles. The molecule has 2 aromatic rings. The lowest BCUT2D eigenvalue weighted by atomic mass is 9.88. The van der Waals surface area contributed by atoms with Crippen molar-refractivity contribution in [3.8, 4) is 0 Å². The van der Waals surface area contributed by atoms with Crippen molar-refractivity contribution in [3.05, 3.63) is 48.1 Å². The Balaban J connectivity index is 2.23. The van der Waals surface area contributed by atoms with Gasteiger partial charge < -0.3 is 10.3 Å². The average Bonchev–Trinajstić information content (AvgIpc) is 2.84. The highest BCUT2D eigenvalue weighted by atomic mass is 16.5. The molecule has 0 spiro atoms. The van der Waals surface area contributed by atoms with E-state index in [0.717, 1.165) is 6.42 Å². The molecule has 84 valence electrons. The zero-order valence-corrected chi connectivity index (χ0v) is 9.26. The summed E-state index contributed by atoms with van der Waals surface area (Å²) < 4.78 is 4.76. The molecule has 1 aromatic carbocycles. The molecular weight excluding hydrogens is 202 g/mol. The Morgan fingerprint density at radius 3 is 2.62 bits per heavy atom. The molecule has 0 bridgehead atoms. The van der Waals surface area contributed by atoms with Crippen molar-refractivity contribution in [1.29, 1.82) is 0 Å². The monoisotopic (exact) mass is 217 g/mol. The second-order valence-electron chi connectivity index (χ2n) is 3.93. The molecule has 0 fully saturated rings. The minimum Gasteiger partial charge on any atom is -0.343 e. The summed E-state index contributed by atoms with van der Waals surface area (Å²) in [4.78, 5) is 4.05. The van der Waals surface area contributed by atoms with Gasteiger partial charge in [0.25, 0.3) is 0 Å². The standard InChI is InChI=1S/C12H15N3O/c1-2-12(13,11-14-9-16-15-11)8-10-6-4-3-5-7-10/h3-7,9H,2,8,13H2,1H3. The van der Waals surface area contributed by atoms with E-state index in [1.54, 1.807) is 0 Å². The van der Waals surface area contributed by atoms with Gasteiger partial charge in [0.05, 0.1) is 5.54 Å². The van der Waals surface area contributed by atoms with Crippen molar-refractivity contribution in [1.82, 2.24) is 10.1 Å². The molecule has 1 heterocycles. The molecule has 2 rings (SSSR count). The van der Waals surface area contributed by atoms with Crippen molar-refractivity contribution >= 4 is 0 Å². The molecule has 0 aliphatic carbocycles. The second kappa shape index (κ2) is 4.45. The highest BCUT2D eigenvalue weighted by molar-refractivity contribution is 5.19. The zero-order valence-electron chi connectivity index (χ0n) is 9.26. The summed E-state index contributed by atoms with van der Waals surface area (Å²) in [5.41, 5.74) is 6.94. The fraction of sp³-hybridized carbons (Fsp3) is 0.333. The summed E-state index contributed by atoms with van der Waals surface area (Å²) in [6.45, 7) is 2.03. The van der Waals surface area contributed by atoms with E-state index in [2.05, 4.69) is 22.3 Å². The molecule has 16 heavy (non-hydrogen) atoms. The Labute approximate surface area is 94.5 Å². The molecule has 0 saturated heterocycles. The minimum atomic E-state index is -0.547. The highest BCUT2D eigenvalue weighted by Crippen LogP contribution is 2.23. The van der Waals surface area contributed by atoms with Crippen LogP contribution >= 0.6 is 0 Å². The third kappa shape index (κ3) is 2.12. The van der Waals surface area contributed by atoms with E-state index in [4.69, 9.17) is 10.3 Å². The molecule has 0 saturated carbocycles. The van der Waals surface area contributed by atoms with Crippen molar-refractivity contribution in [2.45, 2.75) is 25.3 Å². The van der Waals surface area contributed by atoms with Gasteiger partial charge in [-0.15, -0.1) is 0 Å². The topological polar surface area (TPSA) is 64.9 Å². The van der Waals surface area contributed by atoms with Crippen LogP contribution in [0.2, 0.25) is 0 Å². The maximum atomic E-state index is 6.31. The number of nitrogens with two attached hydrogens (primary N) is 1. The predicted octanol–water partition coefficient (Wildman–Crippen LogP) is 1.88. The minimum absolute atomic E-state index is 0.547. The third-order valence-electron chi connectivity index (χ3n) is 2.80. The first-order chi connectivity index (χ1) is 7.74. The normalized spacial score (nSPS) is 14.6. The van der Waals surface area contributed by atoms with E-state index >= 15 is 0 Å². The SMILES string of the molecule is CCC(N)(Cc1ccccc1)c1ncon1. The Hall–Kier alpha value is -1.68. The summed E-state index contributed by atoms with van der Waals surface area (Å²) in [6.07, 6.45) is 2.79. The Kier molecular flexibility index (Phi) is 3.01. The number of hydrogen-bond donors (Lipinski definition) is 1. The number of aromatic nitrogens is 2. The third-order valence-corrected chi connectivity index (χ3v) is 2.80. The lowest BCUT2D eigenvalue weighted by Crippen LogP contribution is -2.39. The molecule has 0 radical (unpaired) electrons. The maximum absolute atomic E-state index is 6.31. The van der Waals surface area contributed by atoms with Crippen LogP contribution in [0.15, 0.2) is 41.2 Å². The largest absolute Gasteiger partial charge is 0.343 e. The smallest absolute Gasteiger partial charge is 0.213 e. The molecule has 1 unspecified atom stereocenters. The number of hydrogen-bond acceptors (Lipinski definition) is 4. The van der Waals surface area contributed by atoms with Gasteiger partial charge in [-0.2, -0.15) is 4.98 Å². The van der Waals surface area contributed by atoms with Gasteiger partial charge in [-0.25, -0.2) is 0 Å². The van der Waals surface area contributed by atoms with E-state index in [1.165, 1.54) is 12.0 Å². The van der Waals surface area contributed by atoms with Crippen LogP contribution in [0.5, 0.6) is 0 Å². The van der Waals surface area contributed by atoms with Gasteiger partial charge in [0.1, 0.15) is 0 Å². The molecule has 4 nitrogen and oxygen atoms in total. The van der Waals surface area contributed by atoms with E-state index in [-0.39, 0.29) is 0 Å². The van der Waals surface area contributed by atoms with E-state index in [0.29, 0.717) is 12.2 Å². The van der Waals surface area contributed by atoms with Crippen LogP contribution in [0, 0.1) is 0 Å². The first-order valence-electron chi connectivity index (χ1n) is 5.34. The van der Waals surface area contributed by atoms with Crippen LogP contribution in [-0.4, -0.2) is 10.1 Å². The van der Waals surface area contributed by atoms with Crippen molar-refractivity contribution in [3.63, 3.8) is 0 Å². The van der Waals surface area contributed by atoms with Gasteiger partial charge in [0.15, 0.2) is 5.82 Å². The van der Waals surface area contributed by atoms with Gasteiger partial charge in [-0.05, 0) is 18.4 Å². The molecule has 4 heteroatoms. The Morgan fingerprint density at radius 1 is 1.31 bits per heavy atom. The van der Waals surface area contributed by atoms with Gasteiger partial charge in [-0.1, -0.05) is 42.4 Å². The van der Waals surface area contributed by atoms with Crippen molar-refractivity contribution in [2.24, 2.45) is 5.73 Å². The lowest BCUT2D eigenvalue weighted by molar-refractivity contribution is 0.353. The summed E-state index contributed by atoms with van der Waals surface area (Å²) in [7, 11) is 0. The highest BCUT2D eigenvalue weighted by Gasteiger charge is 2.30. The molecule has 0 aliphatic heterocycles. The fourth-order valence-corrected chi connectivity index (χ4v) is 1.71. The lowest BCUT2D eigenvalue weighted by Gasteiger charge is -2.24. The van der Waals surface area contributed by atoms with Crippen LogP contribution in [0.1, 0.15) is 24.7 Å². The van der Waals surface area contributed by atoms with Gasteiger partial charge in [0, 0.05) is 0 Å². The van der Waals surface area contributed by atoms with Gasteiger partial charge in [0.2, 0.25) is 6.39 Å². The molecular formula is C12H15N3O. The summed E-state index contributed by atoms with van der Waals surface area (Å²) >= 11 is 0. The number of rotatable bonds is 4. The van der Waals surface area contributed by atoms with Crippen LogP contribution in [0.4, 0.5) is 0 Å². The summed E-state index contributed by atoms with van der Waals surface area (Å²) in [5, 5.41) is 3.84. The summed E-state index contributed by atoms with van der Waals surface area (Å²) in [6, 6.07) is 10.1. The van der Waals surface area contributed by atoms with Gasteiger partial charge in [-0.3, -0.25) is 0 Å². The van der Waals surface area contributed by atoms with Crippen LogP contribution in [-0.2, 0) is 12.0 Å². The number of benzene rings is 1. The Bertz CT molecular complexity index is 427. The fourth-order valence-electron chi connectivity index (χ4n) is 1.71. The Morgan fingerprint density at radius 2 is 2.06 bits per heavy atom. The quantitative estimate of drug-likeness (QED) is 0.849. The van der Waals surface area contributed by atoms with E-state index in [1.807, 2.05) is 25.1 Å². The van der Waals surface area contributed by atoms with Crippen LogP contribution in [0.3, 0.4) is 0 Å². The van der Waals surface area contributed by atoms with Crippen LogP contribution < -0.4 is 5.73 Å². The average molecular weight is 217 g/mol. The molecule has 1 atom stereocenters. The van der Waals surface area contributed by atoms with E-state index < -0.39 is 5.54 Å².